The molecule has 2 aliphatic carbocycles. The summed E-state index contributed by atoms with van der Waals surface area (Å²) in [6, 6.07) is 4.22. The average Bonchev–Trinajstić information content (AvgIpc) is 2.83. The van der Waals surface area contributed by atoms with Gasteiger partial charge in [0, 0.05) is 11.6 Å². The second-order valence-electron chi connectivity index (χ2n) is 6.94. The zero-order valence-electron chi connectivity index (χ0n) is 13.2. The molecule has 1 aromatic rings. The van der Waals surface area contributed by atoms with Crippen LogP contribution in [0.25, 0.3) is 0 Å². The number of anilines is 1. The van der Waals surface area contributed by atoms with Crippen LogP contribution in [-0.2, 0) is 20.6 Å². The molecule has 7 heteroatoms. The molecule has 2 aliphatic rings. The van der Waals surface area contributed by atoms with E-state index in [1.54, 1.807) is 13.8 Å². The fraction of sp³-hybridized carbons (Fsp3) is 0.471. The average molecular weight is 339 g/mol. The van der Waals surface area contributed by atoms with Crippen LogP contribution in [0.1, 0.15) is 32.3 Å². The highest BCUT2D eigenvalue weighted by Gasteiger charge is 2.72. The minimum Gasteiger partial charge on any atom is -0.325 e. The number of halogens is 3. The molecule has 0 heterocycles. The molecule has 1 amide bonds. The zero-order chi connectivity index (χ0) is 17.9. The molecule has 2 fully saturated rings. The number of ketones is 2. The van der Waals surface area contributed by atoms with E-state index in [0.29, 0.717) is 6.42 Å². The van der Waals surface area contributed by atoms with Gasteiger partial charge in [0.15, 0.2) is 0 Å². The van der Waals surface area contributed by atoms with E-state index in [4.69, 9.17) is 0 Å². The summed E-state index contributed by atoms with van der Waals surface area (Å²) < 4.78 is 38.3. The molecule has 128 valence electrons. The maximum Gasteiger partial charge on any atom is 0.416 e. The predicted molar refractivity (Wildman–Crippen MR) is 79.0 cm³/mol. The van der Waals surface area contributed by atoms with Gasteiger partial charge in [0.2, 0.25) is 17.5 Å². The van der Waals surface area contributed by atoms with E-state index >= 15 is 0 Å². The molecule has 0 saturated heterocycles. The molecular formula is C17H16F3NO3. The normalized spacial score (nSPS) is 28.3. The Labute approximate surface area is 136 Å². The Morgan fingerprint density at radius 3 is 2.46 bits per heavy atom. The van der Waals surface area contributed by atoms with Crippen molar-refractivity contribution in [2.75, 3.05) is 5.32 Å². The van der Waals surface area contributed by atoms with Crippen molar-refractivity contribution in [2.45, 2.75) is 32.9 Å². The molecular weight excluding hydrogens is 323 g/mol. The maximum absolute atomic E-state index is 12.8. The smallest absolute Gasteiger partial charge is 0.325 e. The molecule has 1 N–H and O–H groups in total. The van der Waals surface area contributed by atoms with Gasteiger partial charge in [-0.1, -0.05) is 19.9 Å². The van der Waals surface area contributed by atoms with Crippen molar-refractivity contribution in [1.29, 1.82) is 0 Å². The van der Waals surface area contributed by atoms with Gasteiger partial charge in [-0.05, 0) is 36.5 Å². The summed E-state index contributed by atoms with van der Waals surface area (Å²) in [6.07, 6.45) is -3.86. The van der Waals surface area contributed by atoms with Gasteiger partial charge in [0.25, 0.3) is 0 Å². The van der Waals surface area contributed by atoms with Crippen molar-refractivity contribution in [1.82, 2.24) is 0 Å². The van der Waals surface area contributed by atoms with Gasteiger partial charge in [0.1, 0.15) is 5.41 Å². The number of alkyl halides is 3. The van der Waals surface area contributed by atoms with E-state index in [1.807, 2.05) is 0 Å². The summed E-state index contributed by atoms with van der Waals surface area (Å²) in [4.78, 5) is 37.2. The topological polar surface area (TPSA) is 63.2 Å². The number of hydrogen-bond acceptors (Lipinski definition) is 3. The Bertz CT molecular complexity index is 754. The molecule has 2 bridgehead atoms. The largest absolute Gasteiger partial charge is 0.416 e. The minimum absolute atomic E-state index is 0.0457. The van der Waals surface area contributed by atoms with Crippen LogP contribution in [0.3, 0.4) is 0 Å². The lowest BCUT2D eigenvalue weighted by Crippen LogP contribution is -2.47. The fourth-order valence-corrected chi connectivity index (χ4v) is 4.10. The van der Waals surface area contributed by atoms with Crippen LogP contribution in [0.15, 0.2) is 24.3 Å². The van der Waals surface area contributed by atoms with Gasteiger partial charge in [-0.15, -0.1) is 0 Å². The number of Topliss-reactive ketones (excluding diaryl/α,β-unsaturated/α-hetero) is 2. The summed E-state index contributed by atoms with van der Waals surface area (Å²) >= 11 is 0. The number of benzene rings is 1. The predicted octanol–water partition coefficient (Wildman–Crippen LogP) is 3.22. The Hall–Kier alpha value is -2.18. The molecule has 0 aliphatic heterocycles. The van der Waals surface area contributed by atoms with Gasteiger partial charge in [-0.3, -0.25) is 14.4 Å². The molecule has 4 nitrogen and oxygen atoms in total. The first kappa shape index (κ1) is 16.7. The Morgan fingerprint density at radius 1 is 1.25 bits per heavy atom. The highest BCUT2D eigenvalue weighted by atomic mass is 19.4. The molecule has 0 radical (unpaired) electrons. The van der Waals surface area contributed by atoms with Crippen molar-refractivity contribution < 1.29 is 27.6 Å². The molecule has 0 unspecified atom stereocenters. The summed E-state index contributed by atoms with van der Waals surface area (Å²) in [5, 5.41) is 2.41. The standard InChI is InChI=1S/C17H16F3NO3/c1-15(2)11-6-7-16(15,13(23)12(11)22)14(24)21-10-5-3-4-9(8-10)17(18,19)20/h3-5,8,11H,6-7H2,1-2H3,(H,21,24)/t11-,16-/m0/s1. The number of hydrogen-bond donors (Lipinski definition) is 1. The first-order valence-corrected chi connectivity index (χ1v) is 7.59. The van der Waals surface area contributed by atoms with Crippen molar-refractivity contribution in [3.63, 3.8) is 0 Å². The lowest BCUT2D eigenvalue weighted by molar-refractivity contribution is -0.147. The Balaban J connectivity index is 1.94. The monoisotopic (exact) mass is 339 g/mol. The van der Waals surface area contributed by atoms with Crippen LogP contribution in [0.5, 0.6) is 0 Å². The first-order valence-electron chi connectivity index (χ1n) is 7.59. The van der Waals surface area contributed by atoms with Crippen molar-refractivity contribution in [3.8, 4) is 0 Å². The lowest BCUT2D eigenvalue weighted by Gasteiger charge is -2.33. The number of fused-ring (bicyclic) bond motifs is 2. The van der Waals surface area contributed by atoms with E-state index in [1.165, 1.54) is 12.1 Å². The summed E-state index contributed by atoms with van der Waals surface area (Å²) in [7, 11) is 0. The van der Waals surface area contributed by atoms with Gasteiger partial charge < -0.3 is 5.32 Å². The summed E-state index contributed by atoms with van der Waals surface area (Å²) in [5.74, 6) is -2.49. The van der Waals surface area contributed by atoms with Gasteiger partial charge in [0.05, 0.1) is 5.56 Å². The molecule has 2 saturated carbocycles. The van der Waals surface area contributed by atoms with Crippen LogP contribution in [0, 0.1) is 16.7 Å². The van der Waals surface area contributed by atoms with E-state index in [-0.39, 0.29) is 12.1 Å². The van der Waals surface area contributed by atoms with Gasteiger partial charge in [-0.25, -0.2) is 0 Å². The highest BCUT2D eigenvalue weighted by molar-refractivity contribution is 6.48. The van der Waals surface area contributed by atoms with Crippen LogP contribution in [0.4, 0.5) is 18.9 Å². The molecule has 0 spiro atoms. The van der Waals surface area contributed by atoms with Gasteiger partial charge >= 0.3 is 6.18 Å². The summed E-state index contributed by atoms with van der Waals surface area (Å²) in [5.41, 5.74) is -3.28. The first-order chi connectivity index (χ1) is 11.0. The third kappa shape index (κ3) is 2.03. The fourth-order valence-electron chi connectivity index (χ4n) is 4.10. The SMILES string of the molecule is CC1(C)[C@H]2CC[C@@]1(C(=O)Nc1cccc(C(F)(F)F)c1)C(=O)C2=O. The van der Waals surface area contributed by atoms with Crippen LogP contribution < -0.4 is 5.32 Å². The third-order valence-corrected chi connectivity index (χ3v) is 5.54. The van der Waals surface area contributed by atoms with E-state index < -0.39 is 46.0 Å². The second-order valence-corrected chi connectivity index (χ2v) is 6.94. The van der Waals surface area contributed by atoms with Crippen molar-refractivity contribution >= 4 is 23.2 Å². The highest BCUT2D eigenvalue weighted by Crippen LogP contribution is 2.62. The quantitative estimate of drug-likeness (QED) is 0.665. The van der Waals surface area contributed by atoms with Crippen LogP contribution in [-0.4, -0.2) is 17.5 Å². The van der Waals surface area contributed by atoms with E-state index in [2.05, 4.69) is 5.32 Å². The Morgan fingerprint density at radius 2 is 1.92 bits per heavy atom. The Kier molecular flexibility index (Phi) is 3.41. The summed E-state index contributed by atoms with van der Waals surface area (Å²) in [6.45, 7) is 3.39. The van der Waals surface area contributed by atoms with E-state index in [0.717, 1.165) is 12.1 Å². The van der Waals surface area contributed by atoms with Gasteiger partial charge in [-0.2, -0.15) is 13.2 Å². The number of amides is 1. The number of carbonyl (C=O) groups excluding carboxylic acids is 3. The second kappa shape index (κ2) is 4.91. The van der Waals surface area contributed by atoms with Crippen LogP contribution >= 0.6 is 0 Å². The molecule has 1 aromatic carbocycles. The molecule has 3 rings (SSSR count). The van der Waals surface area contributed by atoms with Crippen LogP contribution in [0.2, 0.25) is 0 Å². The van der Waals surface area contributed by atoms with Crippen molar-refractivity contribution in [2.24, 2.45) is 16.7 Å². The maximum atomic E-state index is 12.8. The number of rotatable bonds is 2. The molecule has 2 atom stereocenters. The lowest BCUT2D eigenvalue weighted by atomic mass is 9.68. The minimum atomic E-state index is -4.53. The molecule has 0 aromatic heterocycles. The zero-order valence-corrected chi connectivity index (χ0v) is 13.2. The van der Waals surface area contributed by atoms with E-state index in [9.17, 15) is 27.6 Å². The number of nitrogens with one attached hydrogen (secondary N) is 1. The van der Waals surface area contributed by atoms with Crippen molar-refractivity contribution in [3.05, 3.63) is 29.8 Å². The number of carbonyl (C=O) groups is 3. The molecule has 24 heavy (non-hydrogen) atoms. The third-order valence-electron chi connectivity index (χ3n) is 5.54.